The Hall–Kier alpha value is -1.25. The second-order valence-corrected chi connectivity index (χ2v) is 10.3. The van der Waals surface area contributed by atoms with Gasteiger partial charge in [0.2, 0.25) is 0 Å². The predicted molar refractivity (Wildman–Crippen MR) is 128 cm³/mol. The second-order valence-electron chi connectivity index (χ2n) is 10.3. The summed E-state index contributed by atoms with van der Waals surface area (Å²) in [5.74, 6) is 10.7. The first-order valence-corrected chi connectivity index (χ1v) is 13.2. The van der Waals surface area contributed by atoms with Crippen molar-refractivity contribution in [2.45, 2.75) is 88.9 Å². The Balaban J connectivity index is 1.50. The minimum Gasteiger partial charge on any atom is -0.396 e. The monoisotopic (exact) mass is 482 g/mol. The summed E-state index contributed by atoms with van der Waals surface area (Å²) in [4.78, 5) is 0. The fourth-order valence-corrected chi connectivity index (χ4v) is 5.54. The topological polar surface area (TPSA) is 64.5 Å². The highest BCUT2D eigenvalue weighted by molar-refractivity contribution is 5.15. The van der Waals surface area contributed by atoms with E-state index in [4.69, 9.17) is 10.2 Å². The molecule has 2 saturated heterocycles. The van der Waals surface area contributed by atoms with Crippen molar-refractivity contribution >= 4 is 0 Å². The van der Waals surface area contributed by atoms with Crippen LogP contribution in [0, 0.1) is 53.3 Å². The third kappa shape index (κ3) is 8.76. The summed E-state index contributed by atoms with van der Waals surface area (Å²) in [6.07, 6.45) is 4.25. The molecular weight excluding hydrogens is 441 g/mol. The number of rotatable bonds is 6. The van der Waals surface area contributed by atoms with Crippen LogP contribution >= 0.6 is 0 Å². The standard InChI is InChI=1S/C27H41F3N2O2/c28-27(29,30)26-17-20(5-6-21-9-13-24(31-18-21)3-1-15-33)7-11-23(26)12-8-22-10-14-25(32-19-22)4-2-16-34/h20-26,31-34H,1-4,7,9-11,13-19H2. The number of hydrogen-bond donors (Lipinski definition) is 4. The van der Waals surface area contributed by atoms with Crippen molar-refractivity contribution in [3.8, 4) is 23.7 Å². The van der Waals surface area contributed by atoms with Crippen LogP contribution in [0.25, 0.3) is 0 Å². The van der Waals surface area contributed by atoms with Crippen molar-refractivity contribution in [3.05, 3.63) is 0 Å². The van der Waals surface area contributed by atoms with Gasteiger partial charge in [0.25, 0.3) is 0 Å². The number of alkyl halides is 3. The molecule has 7 unspecified atom stereocenters. The Morgan fingerprint density at radius 1 is 0.676 bits per heavy atom. The Morgan fingerprint density at radius 2 is 1.18 bits per heavy atom. The van der Waals surface area contributed by atoms with E-state index in [2.05, 4.69) is 34.3 Å². The van der Waals surface area contributed by atoms with Gasteiger partial charge in [0.15, 0.2) is 0 Å². The first-order chi connectivity index (χ1) is 16.4. The van der Waals surface area contributed by atoms with Crippen LogP contribution in [0.5, 0.6) is 0 Å². The Bertz CT molecular complexity index is 720. The van der Waals surface area contributed by atoms with E-state index in [0.29, 0.717) is 24.9 Å². The molecule has 2 heterocycles. The van der Waals surface area contributed by atoms with Gasteiger partial charge in [-0.05, 0) is 70.6 Å². The third-order valence-corrected chi connectivity index (χ3v) is 7.69. The smallest absolute Gasteiger partial charge is 0.393 e. The number of piperidine rings is 2. The van der Waals surface area contributed by atoms with Crippen molar-refractivity contribution in [2.75, 3.05) is 26.3 Å². The maximum absolute atomic E-state index is 13.9. The zero-order valence-corrected chi connectivity index (χ0v) is 20.2. The maximum atomic E-state index is 13.9. The van der Waals surface area contributed by atoms with E-state index >= 15 is 0 Å². The number of nitrogens with one attached hydrogen (secondary N) is 2. The molecule has 0 amide bonds. The van der Waals surface area contributed by atoms with E-state index in [-0.39, 0.29) is 37.4 Å². The zero-order valence-electron chi connectivity index (χ0n) is 20.2. The molecule has 0 spiro atoms. The minimum absolute atomic E-state index is 0.0568. The van der Waals surface area contributed by atoms with Crippen LogP contribution in [0.15, 0.2) is 0 Å². The predicted octanol–water partition coefficient (Wildman–Crippen LogP) is 3.87. The second kappa shape index (κ2) is 13.7. The van der Waals surface area contributed by atoms with Crippen molar-refractivity contribution in [2.24, 2.45) is 29.6 Å². The van der Waals surface area contributed by atoms with Crippen molar-refractivity contribution in [1.29, 1.82) is 0 Å². The van der Waals surface area contributed by atoms with Gasteiger partial charge in [-0.3, -0.25) is 0 Å². The van der Waals surface area contributed by atoms with Crippen LogP contribution in [-0.4, -0.2) is 54.8 Å². The lowest BCUT2D eigenvalue weighted by atomic mass is 9.73. The van der Waals surface area contributed by atoms with Gasteiger partial charge >= 0.3 is 6.18 Å². The Morgan fingerprint density at radius 3 is 1.65 bits per heavy atom. The van der Waals surface area contributed by atoms with Crippen LogP contribution < -0.4 is 10.6 Å². The summed E-state index contributed by atoms with van der Waals surface area (Å²) in [6.45, 7) is 1.90. The Kier molecular flexibility index (Phi) is 11.0. The molecule has 0 bridgehead atoms. The molecule has 0 aromatic rings. The summed E-state index contributed by atoms with van der Waals surface area (Å²) < 4.78 is 41.6. The molecule has 1 saturated carbocycles. The lowest BCUT2D eigenvalue weighted by molar-refractivity contribution is -0.192. The zero-order chi connectivity index (χ0) is 24.4. The van der Waals surface area contributed by atoms with E-state index in [9.17, 15) is 13.2 Å². The van der Waals surface area contributed by atoms with Crippen LogP contribution in [0.3, 0.4) is 0 Å². The van der Waals surface area contributed by atoms with E-state index in [1.165, 1.54) is 0 Å². The van der Waals surface area contributed by atoms with E-state index in [1.54, 1.807) is 0 Å². The lowest BCUT2D eigenvalue weighted by Gasteiger charge is -2.33. The van der Waals surface area contributed by atoms with Crippen molar-refractivity contribution < 1.29 is 23.4 Å². The molecule has 7 atom stereocenters. The van der Waals surface area contributed by atoms with Crippen LogP contribution in [0.4, 0.5) is 13.2 Å². The van der Waals surface area contributed by atoms with E-state index in [0.717, 1.165) is 64.5 Å². The molecule has 3 aliphatic rings. The largest absolute Gasteiger partial charge is 0.396 e. The summed E-state index contributed by atoms with van der Waals surface area (Å²) in [6, 6.07) is 0.799. The van der Waals surface area contributed by atoms with Gasteiger partial charge in [-0.25, -0.2) is 0 Å². The summed E-state index contributed by atoms with van der Waals surface area (Å²) in [5, 5.41) is 24.8. The first kappa shape index (κ1) is 27.3. The van der Waals surface area contributed by atoms with Gasteiger partial charge in [-0.1, -0.05) is 23.7 Å². The molecule has 0 radical (unpaired) electrons. The summed E-state index contributed by atoms with van der Waals surface area (Å²) in [5.41, 5.74) is 0. The number of aliphatic hydroxyl groups is 2. The first-order valence-electron chi connectivity index (χ1n) is 13.2. The fraction of sp³-hybridized carbons (Fsp3) is 0.852. The highest BCUT2D eigenvalue weighted by Crippen LogP contribution is 2.43. The molecule has 4 N–H and O–H groups in total. The summed E-state index contributed by atoms with van der Waals surface area (Å²) in [7, 11) is 0. The van der Waals surface area contributed by atoms with Gasteiger partial charge in [-0.2, -0.15) is 13.2 Å². The molecule has 0 aromatic carbocycles. The fourth-order valence-electron chi connectivity index (χ4n) is 5.54. The van der Waals surface area contributed by atoms with Crippen LogP contribution in [-0.2, 0) is 0 Å². The number of aliphatic hydroxyl groups excluding tert-OH is 2. The molecule has 2 aliphatic heterocycles. The molecule has 1 aliphatic carbocycles. The van der Waals surface area contributed by atoms with Gasteiger partial charge in [0, 0.05) is 62.1 Å². The molecule has 7 heteroatoms. The third-order valence-electron chi connectivity index (χ3n) is 7.69. The average molecular weight is 483 g/mol. The molecule has 0 aromatic heterocycles. The van der Waals surface area contributed by atoms with Crippen molar-refractivity contribution in [1.82, 2.24) is 10.6 Å². The molecule has 34 heavy (non-hydrogen) atoms. The Labute approximate surface area is 202 Å². The molecule has 192 valence electrons. The van der Waals surface area contributed by atoms with E-state index in [1.807, 2.05) is 0 Å². The quantitative estimate of drug-likeness (QED) is 0.434. The average Bonchev–Trinajstić information content (AvgIpc) is 2.84. The molecule has 3 fully saturated rings. The SMILES string of the molecule is OCCCC1CCC(C#CC2CCC(C#CC3CCC(CCCO)NC3)C(C(F)(F)F)C2)CN1. The van der Waals surface area contributed by atoms with Gasteiger partial charge in [0.05, 0.1) is 5.92 Å². The number of halogens is 3. The van der Waals surface area contributed by atoms with Gasteiger partial charge in [0.1, 0.15) is 0 Å². The lowest BCUT2D eigenvalue weighted by Crippen LogP contribution is -2.39. The normalized spacial score (nSPS) is 34.4. The van der Waals surface area contributed by atoms with Crippen LogP contribution in [0.1, 0.15) is 70.6 Å². The van der Waals surface area contributed by atoms with Crippen LogP contribution in [0.2, 0.25) is 0 Å². The van der Waals surface area contributed by atoms with Gasteiger partial charge < -0.3 is 20.8 Å². The maximum Gasteiger partial charge on any atom is 0.393 e. The molecular formula is C27H41F3N2O2. The highest BCUT2D eigenvalue weighted by Gasteiger charge is 2.47. The summed E-state index contributed by atoms with van der Waals surface area (Å²) >= 11 is 0. The van der Waals surface area contributed by atoms with Gasteiger partial charge in [-0.15, -0.1) is 0 Å². The molecule has 4 nitrogen and oxygen atoms in total. The highest BCUT2D eigenvalue weighted by atomic mass is 19.4. The number of hydrogen-bond acceptors (Lipinski definition) is 4. The van der Waals surface area contributed by atoms with E-state index < -0.39 is 18.0 Å². The van der Waals surface area contributed by atoms with Crippen molar-refractivity contribution in [3.63, 3.8) is 0 Å². The molecule has 3 rings (SSSR count). The minimum atomic E-state index is -4.24.